The van der Waals surface area contributed by atoms with Crippen molar-refractivity contribution in [3.63, 3.8) is 0 Å². The number of carbonyl (C=O) groups excluding carboxylic acids is 1. The monoisotopic (exact) mass is 377 g/mol. The standard InChI is InChI=1S/C23H23NO2S/c1-3-5-7-22(25)26-20-14-12-18(13-15-20)17-8-10-19(11-9-17)23-24-16-21(27-23)6-4-2/h5,7-16H,3-4,6H2,1-2H3. The molecule has 3 nitrogen and oxygen atoms in total. The van der Waals surface area contributed by atoms with E-state index in [9.17, 15) is 4.79 Å². The van der Waals surface area contributed by atoms with E-state index in [1.165, 1.54) is 11.0 Å². The zero-order chi connectivity index (χ0) is 19.1. The molecule has 3 aromatic rings. The van der Waals surface area contributed by atoms with Crippen molar-refractivity contribution < 1.29 is 9.53 Å². The van der Waals surface area contributed by atoms with Gasteiger partial charge in [-0.15, -0.1) is 11.3 Å². The predicted octanol–water partition coefficient (Wildman–Crippen LogP) is 6.30. The average molecular weight is 378 g/mol. The van der Waals surface area contributed by atoms with E-state index < -0.39 is 0 Å². The van der Waals surface area contributed by atoms with Gasteiger partial charge in [-0.1, -0.05) is 62.7 Å². The highest BCUT2D eigenvalue weighted by Crippen LogP contribution is 2.29. The summed E-state index contributed by atoms with van der Waals surface area (Å²) >= 11 is 1.76. The molecule has 0 atom stereocenters. The normalized spacial score (nSPS) is 11.0. The van der Waals surface area contributed by atoms with Crippen LogP contribution in [-0.4, -0.2) is 11.0 Å². The van der Waals surface area contributed by atoms with Crippen molar-refractivity contribution in [2.75, 3.05) is 0 Å². The van der Waals surface area contributed by atoms with Gasteiger partial charge >= 0.3 is 5.97 Å². The number of esters is 1. The Hall–Kier alpha value is -2.72. The summed E-state index contributed by atoms with van der Waals surface area (Å²) in [6.45, 7) is 4.16. The van der Waals surface area contributed by atoms with Crippen LogP contribution in [0.3, 0.4) is 0 Å². The van der Waals surface area contributed by atoms with Crippen LogP contribution in [0.2, 0.25) is 0 Å². The van der Waals surface area contributed by atoms with Crippen LogP contribution < -0.4 is 4.74 Å². The minimum atomic E-state index is -0.347. The summed E-state index contributed by atoms with van der Waals surface area (Å²) in [5, 5.41) is 1.06. The van der Waals surface area contributed by atoms with Crippen molar-refractivity contribution in [1.29, 1.82) is 0 Å². The molecule has 0 bridgehead atoms. The van der Waals surface area contributed by atoms with Crippen molar-refractivity contribution in [1.82, 2.24) is 4.98 Å². The second kappa shape index (κ2) is 9.28. The van der Waals surface area contributed by atoms with Crippen molar-refractivity contribution in [3.8, 4) is 27.4 Å². The van der Waals surface area contributed by atoms with Crippen LogP contribution in [0.1, 0.15) is 31.6 Å². The van der Waals surface area contributed by atoms with Crippen molar-refractivity contribution in [2.24, 2.45) is 0 Å². The summed E-state index contributed by atoms with van der Waals surface area (Å²) in [7, 11) is 0. The van der Waals surface area contributed by atoms with Gasteiger partial charge in [-0.2, -0.15) is 0 Å². The summed E-state index contributed by atoms with van der Waals surface area (Å²) in [5.41, 5.74) is 3.34. The lowest BCUT2D eigenvalue weighted by atomic mass is 10.0. The highest BCUT2D eigenvalue weighted by atomic mass is 32.1. The van der Waals surface area contributed by atoms with Gasteiger partial charge in [0, 0.05) is 22.7 Å². The molecule has 0 aliphatic carbocycles. The van der Waals surface area contributed by atoms with E-state index in [1.54, 1.807) is 17.4 Å². The van der Waals surface area contributed by atoms with E-state index in [4.69, 9.17) is 4.74 Å². The van der Waals surface area contributed by atoms with Gasteiger partial charge < -0.3 is 4.74 Å². The van der Waals surface area contributed by atoms with Crippen LogP contribution in [0.5, 0.6) is 5.75 Å². The molecule has 0 aliphatic rings. The average Bonchev–Trinajstić information content (AvgIpc) is 3.16. The lowest BCUT2D eigenvalue weighted by Gasteiger charge is -2.05. The van der Waals surface area contributed by atoms with Gasteiger partial charge in [0.2, 0.25) is 0 Å². The van der Waals surface area contributed by atoms with E-state index in [0.29, 0.717) is 5.75 Å². The lowest BCUT2D eigenvalue weighted by Crippen LogP contribution is -2.03. The van der Waals surface area contributed by atoms with Crippen LogP contribution in [-0.2, 0) is 11.2 Å². The third kappa shape index (κ3) is 5.14. The van der Waals surface area contributed by atoms with Crippen LogP contribution in [0.15, 0.2) is 66.9 Å². The van der Waals surface area contributed by atoms with E-state index in [1.807, 2.05) is 37.4 Å². The summed E-state index contributed by atoms with van der Waals surface area (Å²) in [6, 6.07) is 16.0. The van der Waals surface area contributed by atoms with Crippen molar-refractivity contribution in [2.45, 2.75) is 33.1 Å². The first kappa shape index (κ1) is 19.1. The Balaban J connectivity index is 1.69. The maximum absolute atomic E-state index is 11.6. The molecule has 0 unspecified atom stereocenters. The molecule has 0 saturated carbocycles. The second-order valence-electron chi connectivity index (χ2n) is 6.22. The lowest BCUT2D eigenvalue weighted by molar-refractivity contribution is -0.129. The predicted molar refractivity (Wildman–Crippen MR) is 112 cm³/mol. The number of hydrogen-bond donors (Lipinski definition) is 0. The Morgan fingerprint density at radius 1 is 1.00 bits per heavy atom. The topological polar surface area (TPSA) is 39.2 Å². The maximum atomic E-state index is 11.6. The molecule has 27 heavy (non-hydrogen) atoms. The first-order valence-electron chi connectivity index (χ1n) is 9.23. The van der Waals surface area contributed by atoms with Crippen molar-refractivity contribution >= 4 is 17.3 Å². The minimum Gasteiger partial charge on any atom is -0.423 e. The molecular weight excluding hydrogens is 354 g/mol. The van der Waals surface area contributed by atoms with Gasteiger partial charge in [-0.05, 0) is 36.1 Å². The highest BCUT2D eigenvalue weighted by molar-refractivity contribution is 7.15. The first-order chi connectivity index (χ1) is 13.2. The van der Waals surface area contributed by atoms with Gasteiger partial charge in [0.05, 0.1) is 0 Å². The molecule has 3 rings (SSSR count). The van der Waals surface area contributed by atoms with Crippen LogP contribution in [0.25, 0.3) is 21.7 Å². The van der Waals surface area contributed by atoms with Crippen molar-refractivity contribution in [3.05, 3.63) is 71.8 Å². The fourth-order valence-electron chi connectivity index (χ4n) is 2.69. The quantitative estimate of drug-likeness (QED) is 0.275. The number of carbonyl (C=O) groups is 1. The van der Waals surface area contributed by atoms with E-state index in [0.717, 1.165) is 41.0 Å². The number of rotatable bonds is 7. The summed E-state index contributed by atoms with van der Waals surface area (Å²) < 4.78 is 5.27. The highest BCUT2D eigenvalue weighted by Gasteiger charge is 2.06. The van der Waals surface area contributed by atoms with Gasteiger partial charge in [0.1, 0.15) is 10.8 Å². The Labute approximate surface area is 164 Å². The SMILES string of the molecule is CCC=CC(=O)Oc1ccc(-c2ccc(-c3ncc(CCC)s3)cc2)cc1. The number of aromatic nitrogens is 1. The maximum Gasteiger partial charge on any atom is 0.335 e. The third-order valence-electron chi connectivity index (χ3n) is 4.08. The first-order valence-corrected chi connectivity index (χ1v) is 10.0. The molecule has 0 N–H and O–H groups in total. The molecule has 0 saturated heterocycles. The number of ether oxygens (including phenoxy) is 1. The zero-order valence-electron chi connectivity index (χ0n) is 15.6. The molecule has 4 heteroatoms. The molecule has 2 aromatic carbocycles. The molecule has 138 valence electrons. The van der Waals surface area contributed by atoms with Crippen LogP contribution in [0, 0.1) is 0 Å². The largest absolute Gasteiger partial charge is 0.423 e. The Morgan fingerprint density at radius 3 is 2.26 bits per heavy atom. The molecule has 0 aliphatic heterocycles. The number of aryl methyl sites for hydroxylation is 1. The van der Waals surface area contributed by atoms with E-state index in [2.05, 4.69) is 36.2 Å². The van der Waals surface area contributed by atoms with Gasteiger partial charge in [0.25, 0.3) is 0 Å². The molecule has 1 heterocycles. The molecule has 1 aromatic heterocycles. The Bertz CT molecular complexity index is 908. The molecular formula is C23H23NO2S. The van der Waals surface area contributed by atoms with Crippen LogP contribution in [0.4, 0.5) is 0 Å². The third-order valence-corrected chi connectivity index (χ3v) is 5.18. The fourth-order valence-corrected chi connectivity index (χ4v) is 3.71. The van der Waals surface area contributed by atoms with Crippen LogP contribution >= 0.6 is 11.3 Å². The Kier molecular flexibility index (Phi) is 6.55. The van der Waals surface area contributed by atoms with E-state index in [-0.39, 0.29) is 5.97 Å². The van der Waals surface area contributed by atoms with E-state index >= 15 is 0 Å². The summed E-state index contributed by atoms with van der Waals surface area (Å²) in [5.74, 6) is 0.201. The number of benzene rings is 2. The fraction of sp³-hybridized carbons (Fsp3) is 0.217. The number of allylic oxidation sites excluding steroid dienone is 1. The number of nitrogens with zero attached hydrogens (tertiary/aromatic N) is 1. The minimum absolute atomic E-state index is 0.347. The smallest absolute Gasteiger partial charge is 0.335 e. The summed E-state index contributed by atoms with van der Waals surface area (Å²) in [6.07, 6.45) is 8.25. The number of hydrogen-bond acceptors (Lipinski definition) is 4. The molecule has 0 radical (unpaired) electrons. The molecule has 0 fully saturated rings. The Morgan fingerprint density at radius 2 is 1.63 bits per heavy atom. The summed E-state index contributed by atoms with van der Waals surface area (Å²) in [4.78, 5) is 17.5. The molecule has 0 amide bonds. The number of thiazole rings is 1. The zero-order valence-corrected chi connectivity index (χ0v) is 16.5. The molecule has 0 spiro atoms. The van der Waals surface area contributed by atoms with Gasteiger partial charge in [-0.3, -0.25) is 0 Å². The van der Waals surface area contributed by atoms with Gasteiger partial charge in [-0.25, -0.2) is 9.78 Å². The van der Waals surface area contributed by atoms with Gasteiger partial charge in [0.15, 0.2) is 0 Å². The second-order valence-corrected chi connectivity index (χ2v) is 7.33.